The number of anilines is 1. The first-order valence-electron chi connectivity index (χ1n) is 7.84. The van der Waals surface area contributed by atoms with Gasteiger partial charge in [0.05, 0.1) is 10.2 Å². The first-order chi connectivity index (χ1) is 12.4. The second-order valence-electron chi connectivity index (χ2n) is 5.78. The number of hydrogen-bond acceptors (Lipinski definition) is 4. The van der Waals surface area contributed by atoms with E-state index < -0.39 is 0 Å². The summed E-state index contributed by atoms with van der Waals surface area (Å²) < 4.78 is 1.08. The van der Waals surface area contributed by atoms with Crippen molar-refractivity contribution in [3.05, 3.63) is 64.2 Å². The van der Waals surface area contributed by atoms with Crippen LogP contribution in [0.5, 0.6) is 0 Å². The molecule has 1 amide bonds. The van der Waals surface area contributed by atoms with E-state index in [4.69, 9.17) is 23.8 Å². The number of aromatic nitrogens is 1. The number of aryl methyl sites for hydroxylation is 2. The molecule has 132 valence electrons. The monoisotopic (exact) mass is 401 g/mol. The van der Waals surface area contributed by atoms with E-state index in [9.17, 15) is 4.79 Å². The maximum absolute atomic E-state index is 12.0. The number of hydrogen-bond donors (Lipinski definition) is 2. The van der Waals surface area contributed by atoms with Gasteiger partial charge in [-0.1, -0.05) is 41.1 Å². The Kier molecular flexibility index (Phi) is 5.66. The molecular weight excluding hydrogens is 386 g/mol. The predicted octanol–water partition coefficient (Wildman–Crippen LogP) is 5.09. The van der Waals surface area contributed by atoms with E-state index in [1.165, 1.54) is 23.0 Å². The van der Waals surface area contributed by atoms with Crippen LogP contribution < -0.4 is 10.6 Å². The Hall–Kier alpha value is -2.28. The molecule has 0 unspecified atom stereocenters. The van der Waals surface area contributed by atoms with Gasteiger partial charge in [0, 0.05) is 11.1 Å². The number of thiocarbonyl (C=S) groups is 1. The molecule has 0 bridgehead atoms. The molecule has 0 saturated carbocycles. The lowest BCUT2D eigenvalue weighted by Crippen LogP contribution is -2.32. The van der Waals surface area contributed by atoms with Gasteiger partial charge in [0.1, 0.15) is 0 Å². The summed E-state index contributed by atoms with van der Waals surface area (Å²) in [4.78, 5) is 16.5. The predicted molar refractivity (Wildman–Crippen MR) is 114 cm³/mol. The van der Waals surface area contributed by atoms with Gasteiger partial charge in [-0.15, -0.1) is 0 Å². The van der Waals surface area contributed by atoms with E-state index in [0.29, 0.717) is 10.2 Å². The summed E-state index contributed by atoms with van der Waals surface area (Å²) in [5, 5.41) is 7.10. The number of fused-ring (bicyclic) bond motifs is 1. The average Bonchev–Trinajstić information content (AvgIpc) is 2.96. The summed E-state index contributed by atoms with van der Waals surface area (Å²) in [6, 6.07) is 11.4. The Morgan fingerprint density at radius 2 is 1.96 bits per heavy atom. The van der Waals surface area contributed by atoms with Crippen molar-refractivity contribution in [2.45, 2.75) is 13.8 Å². The lowest BCUT2D eigenvalue weighted by Gasteiger charge is -2.04. The van der Waals surface area contributed by atoms with Crippen molar-refractivity contribution in [1.82, 2.24) is 10.3 Å². The Bertz CT molecular complexity index is 1010. The van der Waals surface area contributed by atoms with Crippen LogP contribution in [0, 0.1) is 13.8 Å². The van der Waals surface area contributed by atoms with Crippen LogP contribution in [0.2, 0.25) is 5.02 Å². The maximum atomic E-state index is 12.0. The minimum Gasteiger partial charge on any atom is -0.308 e. The minimum absolute atomic E-state index is 0.212. The molecule has 0 spiro atoms. The minimum atomic E-state index is -0.314. The normalized spacial score (nSPS) is 11.0. The maximum Gasteiger partial charge on any atom is 0.250 e. The van der Waals surface area contributed by atoms with Gasteiger partial charge in [-0.25, -0.2) is 4.98 Å². The molecule has 0 saturated heterocycles. The fraction of sp³-hybridized carbons (Fsp3) is 0.105. The smallest absolute Gasteiger partial charge is 0.250 e. The fourth-order valence-corrected chi connectivity index (χ4v) is 3.89. The quantitative estimate of drug-likeness (QED) is 0.474. The summed E-state index contributed by atoms with van der Waals surface area (Å²) in [5.74, 6) is -0.314. The largest absolute Gasteiger partial charge is 0.308 e. The number of carbonyl (C=O) groups is 1. The molecule has 0 aliphatic carbocycles. The third kappa shape index (κ3) is 4.66. The van der Waals surface area contributed by atoms with E-state index in [0.717, 1.165) is 21.3 Å². The van der Waals surface area contributed by atoms with Crippen LogP contribution in [0.25, 0.3) is 16.3 Å². The van der Waals surface area contributed by atoms with Crippen LogP contribution >= 0.6 is 35.2 Å². The molecule has 0 atom stereocenters. The molecule has 0 aliphatic heterocycles. The number of carbonyl (C=O) groups excluding carboxylic acids is 1. The Labute approximate surface area is 165 Å². The van der Waals surface area contributed by atoms with Crippen molar-refractivity contribution in [2.24, 2.45) is 0 Å². The number of benzene rings is 2. The Morgan fingerprint density at radius 3 is 2.69 bits per heavy atom. The molecule has 3 aromatic rings. The third-order valence-corrected chi connectivity index (χ3v) is 4.96. The van der Waals surface area contributed by atoms with Gasteiger partial charge in [0.15, 0.2) is 10.2 Å². The lowest BCUT2D eigenvalue weighted by molar-refractivity contribution is -0.115. The zero-order chi connectivity index (χ0) is 18.7. The molecule has 4 nitrogen and oxygen atoms in total. The van der Waals surface area contributed by atoms with Crippen LogP contribution in [-0.2, 0) is 4.79 Å². The molecule has 2 N–H and O–H groups in total. The fourth-order valence-electron chi connectivity index (χ4n) is 2.45. The number of rotatable bonds is 3. The highest BCUT2D eigenvalue weighted by molar-refractivity contribution is 7.80. The molecular formula is C19H16ClN3OS2. The van der Waals surface area contributed by atoms with Crippen molar-refractivity contribution in [2.75, 3.05) is 5.32 Å². The molecule has 2 aromatic carbocycles. The highest BCUT2D eigenvalue weighted by Gasteiger charge is 2.09. The molecule has 0 fully saturated rings. The van der Waals surface area contributed by atoms with Gasteiger partial charge < -0.3 is 5.32 Å². The summed E-state index contributed by atoms with van der Waals surface area (Å²) in [7, 11) is 0. The topological polar surface area (TPSA) is 54.0 Å². The second-order valence-corrected chi connectivity index (χ2v) is 7.65. The first-order valence-corrected chi connectivity index (χ1v) is 9.44. The highest BCUT2D eigenvalue weighted by Crippen LogP contribution is 2.29. The number of amides is 1. The molecule has 0 radical (unpaired) electrons. The summed E-state index contributed by atoms with van der Waals surface area (Å²) in [6.45, 7) is 4.08. The Balaban J connectivity index is 1.62. The van der Waals surface area contributed by atoms with Gasteiger partial charge >= 0.3 is 0 Å². The summed E-state index contributed by atoms with van der Waals surface area (Å²) in [5.41, 5.74) is 4.12. The molecule has 1 aromatic heterocycles. The standard InChI is InChI=1S/C19H16ClN3OS2/c1-11-9-12(2)17-15(10-11)26-19(22-17)23-18(25)21-16(24)8-5-13-3-6-14(20)7-4-13/h3-10H,1-2H3,(H2,21,22,23,24,25)/b8-5+. The molecule has 26 heavy (non-hydrogen) atoms. The molecule has 0 aliphatic rings. The van der Waals surface area contributed by atoms with Crippen LogP contribution in [-0.4, -0.2) is 16.0 Å². The van der Waals surface area contributed by atoms with Gasteiger partial charge in [-0.2, -0.15) is 0 Å². The molecule has 1 heterocycles. The van der Waals surface area contributed by atoms with Crippen LogP contribution in [0.4, 0.5) is 5.13 Å². The van der Waals surface area contributed by atoms with Gasteiger partial charge in [-0.05, 0) is 67.0 Å². The summed E-state index contributed by atoms with van der Waals surface area (Å²) in [6.07, 6.45) is 3.11. The first kappa shape index (κ1) is 18.5. The molecule has 3 rings (SSSR count). The number of nitrogens with one attached hydrogen (secondary N) is 2. The zero-order valence-electron chi connectivity index (χ0n) is 14.2. The number of thiazole rings is 1. The van der Waals surface area contributed by atoms with Gasteiger partial charge in [0.25, 0.3) is 0 Å². The SMILES string of the molecule is Cc1cc(C)c2nc(NC(=S)NC(=O)/C=C/c3ccc(Cl)cc3)sc2c1. The van der Waals surface area contributed by atoms with Gasteiger partial charge in [-0.3, -0.25) is 10.1 Å². The zero-order valence-corrected chi connectivity index (χ0v) is 16.6. The average molecular weight is 402 g/mol. The number of halogens is 1. The number of nitrogens with zero attached hydrogens (tertiary/aromatic N) is 1. The van der Waals surface area contributed by atoms with Crippen molar-refractivity contribution in [1.29, 1.82) is 0 Å². The Morgan fingerprint density at radius 1 is 1.23 bits per heavy atom. The van der Waals surface area contributed by atoms with Crippen LogP contribution in [0.1, 0.15) is 16.7 Å². The van der Waals surface area contributed by atoms with Crippen molar-refractivity contribution < 1.29 is 4.79 Å². The van der Waals surface area contributed by atoms with Crippen LogP contribution in [0.3, 0.4) is 0 Å². The van der Waals surface area contributed by atoms with E-state index in [1.54, 1.807) is 18.2 Å². The third-order valence-electron chi connectivity index (χ3n) is 3.58. The second kappa shape index (κ2) is 7.95. The highest BCUT2D eigenvalue weighted by atomic mass is 35.5. The van der Waals surface area contributed by atoms with Crippen molar-refractivity contribution >= 4 is 67.6 Å². The van der Waals surface area contributed by atoms with E-state index >= 15 is 0 Å². The van der Waals surface area contributed by atoms with Crippen molar-refractivity contribution in [3.63, 3.8) is 0 Å². The molecule has 7 heteroatoms. The van der Waals surface area contributed by atoms with Gasteiger partial charge in [0.2, 0.25) is 5.91 Å². The van der Waals surface area contributed by atoms with Crippen molar-refractivity contribution in [3.8, 4) is 0 Å². The summed E-state index contributed by atoms with van der Waals surface area (Å²) >= 11 is 12.5. The van der Waals surface area contributed by atoms with E-state index in [1.807, 2.05) is 19.1 Å². The lowest BCUT2D eigenvalue weighted by atomic mass is 10.1. The van der Waals surface area contributed by atoms with E-state index in [-0.39, 0.29) is 11.0 Å². The van der Waals surface area contributed by atoms with Crippen LogP contribution in [0.15, 0.2) is 42.5 Å². The van der Waals surface area contributed by atoms with E-state index in [2.05, 4.69) is 34.7 Å².